The number of unbranched alkanes of at least 4 members (excludes halogenated alkanes) is 1. The first-order chi connectivity index (χ1) is 11.0. The van der Waals surface area contributed by atoms with Gasteiger partial charge in [-0.3, -0.25) is 0 Å². The zero-order chi connectivity index (χ0) is 18.6. The van der Waals surface area contributed by atoms with E-state index in [2.05, 4.69) is 16.0 Å². The molecule has 0 aliphatic carbocycles. The lowest BCUT2D eigenvalue weighted by molar-refractivity contribution is 0.0515. The summed E-state index contributed by atoms with van der Waals surface area (Å²) < 4.78 is 10.3. The second-order valence-corrected chi connectivity index (χ2v) is 7.67. The SMILES string of the molecule is CC(C)(C)OC(=O)NCCCCNCCCNC(=O)OC(C)(C)C. The number of ether oxygens (including phenoxy) is 2. The van der Waals surface area contributed by atoms with E-state index < -0.39 is 11.2 Å². The fraction of sp³-hybridized carbons (Fsp3) is 0.882. The predicted molar refractivity (Wildman–Crippen MR) is 95.2 cm³/mol. The third kappa shape index (κ3) is 16.9. The van der Waals surface area contributed by atoms with Gasteiger partial charge in [-0.05, 0) is 73.9 Å². The van der Waals surface area contributed by atoms with Gasteiger partial charge >= 0.3 is 12.2 Å². The average molecular weight is 345 g/mol. The molecule has 0 aliphatic rings. The molecule has 0 saturated carbocycles. The van der Waals surface area contributed by atoms with Crippen LogP contribution in [-0.4, -0.2) is 49.6 Å². The summed E-state index contributed by atoms with van der Waals surface area (Å²) in [5.41, 5.74) is -0.922. The maximum absolute atomic E-state index is 11.4. The third-order valence-electron chi connectivity index (χ3n) is 2.65. The zero-order valence-corrected chi connectivity index (χ0v) is 16.1. The lowest BCUT2D eigenvalue weighted by Crippen LogP contribution is -2.34. The summed E-state index contributed by atoms with van der Waals surface area (Å²) in [6.45, 7) is 13.9. The van der Waals surface area contributed by atoms with Crippen LogP contribution < -0.4 is 16.0 Å². The van der Waals surface area contributed by atoms with Gasteiger partial charge in [-0.1, -0.05) is 0 Å². The van der Waals surface area contributed by atoms with Crippen LogP contribution in [-0.2, 0) is 9.47 Å². The van der Waals surface area contributed by atoms with Crippen LogP contribution in [0, 0.1) is 0 Å². The van der Waals surface area contributed by atoms with Crippen molar-refractivity contribution in [2.75, 3.05) is 26.2 Å². The Morgan fingerprint density at radius 3 is 1.50 bits per heavy atom. The first-order valence-corrected chi connectivity index (χ1v) is 8.64. The van der Waals surface area contributed by atoms with Crippen LogP contribution in [0.25, 0.3) is 0 Å². The van der Waals surface area contributed by atoms with Crippen LogP contribution in [0.4, 0.5) is 9.59 Å². The van der Waals surface area contributed by atoms with Crippen molar-refractivity contribution in [2.45, 2.75) is 72.0 Å². The largest absolute Gasteiger partial charge is 0.444 e. The molecule has 0 bridgehead atoms. The van der Waals surface area contributed by atoms with Crippen LogP contribution in [0.2, 0.25) is 0 Å². The lowest BCUT2D eigenvalue weighted by atomic mass is 10.2. The Hall–Kier alpha value is -1.50. The molecule has 0 rings (SSSR count). The Bertz CT molecular complexity index is 337. The predicted octanol–water partition coefficient (Wildman–Crippen LogP) is 2.80. The van der Waals surface area contributed by atoms with E-state index in [-0.39, 0.29) is 12.2 Å². The molecule has 0 atom stereocenters. The van der Waals surface area contributed by atoms with Gasteiger partial charge in [0.25, 0.3) is 0 Å². The molecule has 0 aromatic heterocycles. The van der Waals surface area contributed by atoms with Crippen LogP contribution in [0.3, 0.4) is 0 Å². The van der Waals surface area contributed by atoms with Gasteiger partial charge in [-0.15, -0.1) is 0 Å². The summed E-state index contributed by atoms with van der Waals surface area (Å²) in [7, 11) is 0. The molecule has 0 aromatic carbocycles. The maximum atomic E-state index is 11.4. The quantitative estimate of drug-likeness (QED) is 0.559. The van der Waals surface area contributed by atoms with E-state index in [1.54, 1.807) is 0 Å². The van der Waals surface area contributed by atoms with E-state index in [0.29, 0.717) is 13.1 Å². The Morgan fingerprint density at radius 2 is 1.04 bits per heavy atom. The molecule has 7 heteroatoms. The van der Waals surface area contributed by atoms with E-state index in [0.717, 1.165) is 32.4 Å². The lowest BCUT2D eigenvalue weighted by Gasteiger charge is -2.19. The topological polar surface area (TPSA) is 88.7 Å². The number of amides is 2. The molecule has 2 amide bonds. The number of nitrogens with one attached hydrogen (secondary N) is 3. The van der Waals surface area contributed by atoms with Gasteiger partial charge in [0.05, 0.1) is 0 Å². The number of carbonyl (C=O) groups is 2. The van der Waals surface area contributed by atoms with E-state index in [9.17, 15) is 9.59 Å². The molecule has 142 valence electrons. The molecule has 0 saturated heterocycles. The van der Waals surface area contributed by atoms with Crippen molar-refractivity contribution in [3.8, 4) is 0 Å². The van der Waals surface area contributed by atoms with E-state index in [4.69, 9.17) is 9.47 Å². The molecule has 24 heavy (non-hydrogen) atoms. The summed E-state index contributed by atoms with van der Waals surface area (Å²) in [5, 5.41) is 8.75. The monoisotopic (exact) mass is 345 g/mol. The fourth-order valence-corrected chi connectivity index (χ4v) is 1.72. The second kappa shape index (κ2) is 11.1. The number of alkyl carbamates (subject to hydrolysis) is 2. The molecule has 0 aromatic rings. The van der Waals surface area contributed by atoms with Crippen molar-refractivity contribution in [1.82, 2.24) is 16.0 Å². The second-order valence-electron chi connectivity index (χ2n) is 7.67. The van der Waals surface area contributed by atoms with Gasteiger partial charge in [0, 0.05) is 13.1 Å². The molecule has 0 fully saturated rings. The average Bonchev–Trinajstić information content (AvgIpc) is 2.36. The van der Waals surface area contributed by atoms with E-state index in [1.165, 1.54) is 0 Å². The highest BCUT2D eigenvalue weighted by molar-refractivity contribution is 5.67. The van der Waals surface area contributed by atoms with Crippen molar-refractivity contribution >= 4 is 12.2 Å². The number of rotatable bonds is 9. The number of hydrogen-bond acceptors (Lipinski definition) is 5. The first kappa shape index (κ1) is 22.5. The van der Waals surface area contributed by atoms with Crippen molar-refractivity contribution in [3.63, 3.8) is 0 Å². The summed E-state index contributed by atoms with van der Waals surface area (Å²) >= 11 is 0. The van der Waals surface area contributed by atoms with Gasteiger partial charge in [0.2, 0.25) is 0 Å². The van der Waals surface area contributed by atoms with Gasteiger partial charge in [0.1, 0.15) is 11.2 Å². The van der Waals surface area contributed by atoms with Crippen molar-refractivity contribution in [1.29, 1.82) is 0 Å². The Morgan fingerprint density at radius 1 is 0.667 bits per heavy atom. The van der Waals surface area contributed by atoms with Gasteiger partial charge in [0.15, 0.2) is 0 Å². The molecular weight excluding hydrogens is 310 g/mol. The highest BCUT2D eigenvalue weighted by atomic mass is 16.6. The molecule has 0 heterocycles. The molecule has 3 N–H and O–H groups in total. The minimum atomic E-state index is -0.463. The van der Waals surface area contributed by atoms with Crippen LogP contribution in [0.1, 0.15) is 60.8 Å². The minimum Gasteiger partial charge on any atom is -0.444 e. The van der Waals surface area contributed by atoms with Gasteiger partial charge < -0.3 is 25.4 Å². The van der Waals surface area contributed by atoms with E-state index >= 15 is 0 Å². The molecule has 0 unspecified atom stereocenters. The zero-order valence-electron chi connectivity index (χ0n) is 16.1. The third-order valence-corrected chi connectivity index (χ3v) is 2.65. The highest BCUT2D eigenvalue weighted by Gasteiger charge is 2.16. The Kier molecular flexibility index (Phi) is 10.4. The molecule has 0 radical (unpaired) electrons. The van der Waals surface area contributed by atoms with E-state index in [1.807, 2.05) is 41.5 Å². The van der Waals surface area contributed by atoms with Gasteiger partial charge in [-0.25, -0.2) is 9.59 Å². The number of carbonyl (C=O) groups excluding carboxylic acids is 2. The Labute approximate surface area is 146 Å². The van der Waals surface area contributed by atoms with Crippen LogP contribution in [0.15, 0.2) is 0 Å². The van der Waals surface area contributed by atoms with Crippen molar-refractivity contribution in [2.24, 2.45) is 0 Å². The summed E-state index contributed by atoms with van der Waals surface area (Å²) in [4.78, 5) is 22.8. The van der Waals surface area contributed by atoms with Crippen molar-refractivity contribution in [3.05, 3.63) is 0 Å². The molecular formula is C17H35N3O4. The maximum Gasteiger partial charge on any atom is 0.407 e. The van der Waals surface area contributed by atoms with Crippen LogP contribution in [0.5, 0.6) is 0 Å². The minimum absolute atomic E-state index is 0.372. The fourth-order valence-electron chi connectivity index (χ4n) is 1.72. The number of hydrogen-bond donors (Lipinski definition) is 3. The first-order valence-electron chi connectivity index (χ1n) is 8.64. The standard InChI is InChI=1S/C17H35N3O4/c1-16(2,3)23-14(21)19-12-8-7-10-18-11-9-13-20-15(22)24-17(4,5)6/h18H,7-13H2,1-6H3,(H,19,21)(H,20,22). The van der Waals surface area contributed by atoms with Gasteiger partial charge in [-0.2, -0.15) is 0 Å². The molecule has 0 aliphatic heterocycles. The molecule has 0 spiro atoms. The normalized spacial score (nSPS) is 11.8. The van der Waals surface area contributed by atoms with Crippen molar-refractivity contribution < 1.29 is 19.1 Å². The Balaban J connectivity index is 3.37. The summed E-state index contributed by atoms with van der Waals surface area (Å²) in [6, 6.07) is 0. The highest BCUT2D eigenvalue weighted by Crippen LogP contribution is 2.06. The smallest absolute Gasteiger partial charge is 0.407 e. The summed E-state index contributed by atoms with van der Waals surface area (Å²) in [6.07, 6.45) is 1.95. The molecule has 7 nitrogen and oxygen atoms in total. The van der Waals surface area contributed by atoms with Crippen LogP contribution >= 0.6 is 0 Å². The summed E-state index contributed by atoms with van der Waals surface area (Å²) in [5.74, 6) is 0.